The lowest BCUT2D eigenvalue weighted by atomic mass is 10.4. The molecule has 0 aliphatic carbocycles. The first-order chi connectivity index (χ1) is 6.24. The molecule has 0 unspecified atom stereocenters. The second-order valence-electron chi connectivity index (χ2n) is 2.34. The summed E-state index contributed by atoms with van der Waals surface area (Å²) in [7, 11) is 0. The van der Waals surface area contributed by atoms with E-state index < -0.39 is 5.97 Å². The van der Waals surface area contributed by atoms with E-state index in [1.165, 1.54) is 6.08 Å². The molecular formula is C9H15ClO3. The van der Waals surface area contributed by atoms with Crippen LogP contribution < -0.4 is 0 Å². The van der Waals surface area contributed by atoms with Crippen molar-refractivity contribution >= 4 is 17.6 Å². The third-order valence-electron chi connectivity index (χ3n) is 1.19. The van der Waals surface area contributed by atoms with Crippen molar-refractivity contribution < 1.29 is 14.3 Å². The maximum atomic E-state index is 10.9. The quantitative estimate of drug-likeness (QED) is 0.289. The molecular weight excluding hydrogens is 192 g/mol. The van der Waals surface area contributed by atoms with Gasteiger partial charge in [0.05, 0.1) is 25.2 Å². The predicted octanol–water partition coefficient (Wildman–Crippen LogP) is 2.10. The van der Waals surface area contributed by atoms with E-state index in [9.17, 15) is 4.79 Å². The van der Waals surface area contributed by atoms with Crippen molar-refractivity contribution in [2.75, 3.05) is 19.1 Å². The van der Waals surface area contributed by atoms with E-state index in [0.717, 1.165) is 6.42 Å². The Bertz CT molecular complexity index is 178. The molecule has 0 fully saturated rings. The van der Waals surface area contributed by atoms with Crippen molar-refractivity contribution in [1.82, 2.24) is 0 Å². The standard InChI is InChI=1S/C9H15ClO3/c1-3-5-13-8(7-10)6-9(11)12-4-2/h6H,3-5,7H2,1-2H3/b8-6+. The third kappa shape index (κ3) is 6.46. The highest BCUT2D eigenvalue weighted by Gasteiger charge is 2.01. The van der Waals surface area contributed by atoms with Crippen molar-refractivity contribution in [3.8, 4) is 0 Å². The Balaban J connectivity index is 3.96. The van der Waals surface area contributed by atoms with Gasteiger partial charge in [-0.25, -0.2) is 4.79 Å². The monoisotopic (exact) mass is 206 g/mol. The molecule has 0 radical (unpaired) electrons. The minimum Gasteiger partial charge on any atom is -0.496 e. The highest BCUT2D eigenvalue weighted by atomic mass is 35.5. The average Bonchev–Trinajstić information content (AvgIpc) is 2.12. The number of carbonyl (C=O) groups is 1. The van der Waals surface area contributed by atoms with Gasteiger partial charge in [0, 0.05) is 0 Å². The number of halogens is 1. The van der Waals surface area contributed by atoms with Crippen molar-refractivity contribution in [2.45, 2.75) is 20.3 Å². The average molecular weight is 207 g/mol. The fraction of sp³-hybridized carbons (Fsp3) is 0.667. The van der Waals surface area contributed by atoms with Crippen LogP contribution >= 0.6 is 11.6 Å². The Hall–Kier alpha value is -0.700. The van der Waals surface area contributed by atoms with Crippen molar-refractivity contribution in [2.24, 2.45) is 0 Å². The van der Waals surface area contributed by atoms with Gasteiger partial charge < -0.3 is 9.47 Å². The molecule has 4 heteroatoms. The van der Waals surface area contributed by atoms with Gasteiger partial charge in [-0.3, -0.25) is 0 Å². The molecule has 0 rings (SSSR count). The summed E-state index contributed by atoms with van der Waals surface area (Å²) in [5, 5.41) is 0. The summed E-state index contributed by atoms with van der Waals surface area (Å²) in [6.45, 7) is 4.66. The first-order valence-electron chi connectivity index (χ1n) is 4.30. The second-order valence-corrected chi connectivity index (χ2v) is 2.61. The van der Waals surface area contributed by atoms with Crippen LogP contribution in [-0.4, -0.2) is 25.1 Å². The molecule has 13 heavy (non-hydrogen) atoms. The minimum absolute atomic E-state index is 0.193. The first-order valence-corrected chi connectivity index (χ1v) is 4.84. The molecule has 0 aromatic carbocycles. The van der Waals surface area contributed by atoms with Gasteiger partial charge in [-0.05, 0) is 13.3 Å². The number of alkyl halides is 1. The number of hydrogen-bond donors (Lipinski definition) is 0. The summed E-state index contributed by atoms with van der Waals surface area (Å²) in [6.07, 6.45) is 2.17. The number of ether oxygens (including phenoxy) is 2. The molecule has 0 heterocycles. The van der Waals surface area contributed by atoms with Gasteiger partial charge in [0.25, 0.3) is 0 Å². The van der Waals surface area contributed by atoms with Gasteiger partial charge in [-0.1, -0.05) is 6.92 Å². The summed E-state index contributed by atoms with van der Waals surface area (Å²) >= 11 is 5.55. The van der Waals surface area contributed by atoms with Crippen LogP contribution in [0.4, 0.5) is 0 Å². The van der Waals surface area contributed by atoms with E-state index in [0.29, 0.717) is 19.0 Å². The molecule has 0 saturated heterocycles. The van der Waals surface area contributed by atoms with E-state index in [1.807, 2.05) is 6.92 Å². The summed E-state index contributed by atoms with van der Waals surface area (Å²) in [6, 6.07) is 0. The van der Waals surface area contributed by atoms with Crippen LogP contribution in [0.2, 0.25) is 0 Å². The highest BCUT2D eigenvalue weighted by Crippen LogP contribution is 2.01. The molecule has 0 aliphatic rings. The van der Waals surface area contributed by atoms with Gasteiger partial charge in [-0.2, -0.15) is 0 Å². The Morgan fingerprint density at radius 3 is 2.54 bits per heavy atom. The maximum absolute atomic E-state index is 10.9. The van der Waals surface area contributed by atoms with Gasteiger partial charge >= 0.3 is 5.97 Å². The number of esters is 1. The molecule has 0 amide bonds. The number of carbonyl (C=O) groups excluding carboxylic acids is 1. The fourth-order valence-corrected chi connectivity index (χ4v) is 0.822. The normalized spacial score (nSPS) is 11.2. The van der Waals surface area contributed by atoms with Crippen LogP contribution in [0.5, 0.6) is 0 Å². The van der Waals surface area contributed by atoms with E-state index in [4.69, 9.17) is 21.1 Å². The summed E-state index contributed by atoms with van der Waals surface area (Å²) in [5.74, 6) is 0.245. The molecule has 0 aliphatic heterocycles. The van der Waals surface area contributed by atoms with Crippen LogP contribution in [0.15, 0.2) is 11.8 Å². The molecule has 0 saturated carbocycles. The zero-order valence-corrected chi connectivity index (χ0v) is 8.76. The minimum atomic E-state index is -0.408. The molecule has 0 aromatic rings. The Labute approximate surface area is 83.7 Å². The molecule has 3 nitrogen and oxygen atoms in total. The van der Waals surface area contributed by atoms with Gasteiger partial charge in [0.1, 0.15) is 5.76 Å². The zero-order chi connectivity index (χ0) is 10.1. The molecule has 0 bridgehead atoms. The maximum Gasteiger partial charge on any atom is 0.334 e. The van der Waals surface area contributed by atoms with E-state index >= 15 is 0 Å². The van der Waals surface area contributed by atoms with Crippen LogP contribution in [0, 0.1) is 0 Å². The summed E-state index contributed by atoms with van der Waals surface area (Å²) in [5.41, 5.74) is 0. The lowest BCUT2D eigenvalue weighted by Crippen LogP contribution is -2.04. The van der Waals surface area contributed by atoms with Crippen molar-refractivity contribution in [3.63, 3.8) is 0 Å². The number of rotatable bonds is 6. The molecule has 0 aromatic heterocycles. The van der Waals surface area contributed by atoms with Crippen LogP contribution in [0.3, 0.4) is 0 Å². The predicted molar refractivity (Wildman–Crippen MR) is 51.7 cm³/mol. The lowest BCUT2D eigenvalue weighted by Gasteiger charge is -2.05. The van der Waals surface area contributed by atoms with Gasteiger partial charge in [0.2, 0.25) is 0 Å². The number of allylic oxidation sites excluding steroid dienone is 1. The lowest BCUT2D eigenvalue weighted by molar-refractivity contribution is -0.137. The molecule has 0 N–H and O–H groups in total. The zero-order valence-electron chi connectivity index (χ0n) is 8.01. The molecule has 76 valence electrons. The largest absolute Gasteiger partial charge is 0.496 e. The van der Waals surface area contributed by atoms with Gasteiger partial charge in [0.15, 0.2) is 0 Å². The summed E-state index contributed by atoms with van der Waals surface area (Å²) in [4.78, 5) is 10.9. The smallest absolute Gasteiger partial charge is 0.334 e. The van der Waals surface area contributed by atoms with Crippen LogP contribution in [-0.2, 0) is 14.3 Å². The van der Waals surface area contributed by atoms with E-state index in [-0.39, 0.29) is 5.88 Å². The third-order valence-corrected chi connectivity index (χ3v) is 1.45. The fourth-order valence-electron chi connectivity index (χ4n) is 0.667. The molecule has 0 spiro atoms. The van der Waals surface area contributed by atoms with E-state index in [1.54, 1.807) is 6.92 Å². The first kappa shape index (κ1) is 12.3. The van der Waals surface area contributed by atoms with Crippen LogP contribution in [0.25, 0.3) is 0 Å². The number of hydrogen-bond acceptors (Lipinski definition) is 3. The van der Waals surface area contributed by atoms with E-state index in [2.05, 4.69) is 0 Å². The highest BCUT2D eigenvalue weighted by molar-refractivity contribution is 6.19. The SMILES string of the molecule is CCCO/C(=C/C(=O)OCC)CCl. The Morgan fingerprint density at radius 1 is 1.38 bits per heavy atom. The second kappa shape index (κ2) is 7.92. The van der Waals surface area contributed by atoms with Crippen molar-refractivity contribution in [1.29, 1.82) is 0 Å². The summed E-state index contributed by atoms with van der Waals surface area (Å²) < 4.78 is 9.89. The van der Waals surface area contributed by atoms with Crippen LogP contribution in [0.1, 0.15) is 20.3 Å². The molecule has 0 atom stereocenters. The topological polar surface area (TPSA) is 35.5 Å². The van der Waals surface area contributed by atoms with Gasteiger partial charge in [-0.15, -0.1) is 11.6 Å². The Kier molecular flexibility index (Phi) is 7.50. The Morgan fingerprint density at radius 2 is 2.08 bits per heavy atom. The van der Waals surface area contributed by atoms with Crippen molar-refractivity contribution in [3.05, 3.63) is 11.8 Å².